The molecule has 1 unspecified atom stereocenters. The van der Waals surface area contributed by atoms with E-state index >= 15 is 0 Å². The van der Waals surface area contributed by atoms with Gasteiger partial charge in [0, 0.05) is 6.42 Å². The summed E-state index contributed by atoms with van der Waals surface area (Å²) in [4.78, 5) is 10.6. The summed E-state index contributed by atoms with van der Waals surface area (Å²) in [5.41, 5.74) is 5.00. The minimum absolute atomic E-state index is 0. The second-order valence-corrected chi connectivity index (χ2v) is 2.34. The lowest BCUT2D eigenvalue weighted by Gasteiger charge is -2.08. The van der Waals surface area contributed by atoms with Crippen LogP contribution in [0.2, 0.25) is 0 Å². The molecule has 0 aliphatic rings. The summed E-state index contributed by atoms with van der Waals surface area (Å²) < 4.78 is 28.1. The Hall–Kier alpha value is -0.420. The summed E-state index contributed by atoms with van der Waals surface area (Å²) >= 11 is 0. The number of carbonyl (C=O) groups is 1. The summed E-state index contributed by atoms with van der Waals surface area (Å²) in [5, 5.41) is 0. The molecule has 0 aromatic rings. The number of ether oxygens (including phenoxy) is 1. The van der Waals surface area contributed by atoms with Gasteiger partial charge in [0.2, 0.25) is 0 Å². The third-order valence-electron chi connectivity index (χ3n) is 1.31. The Kier molecular flexibility index (Phi) is 9.50. The van der Waals surface area contributed by atoms with E-state index in [1.54, 1.807) is 6.92 Å². The Morgan fingerprint density at radius 3 is 2.46 bits per heavy atom. The number of alkyl halides is 2. The van der Waals surface area contributed by atoms with E-state index in [0.29, 0.717) is 0 Å². The summed E-state index contributed by atoms with van der Waals surface area (Å²) in [6, 6.07) is -1.23. The lowest BCUT2D eigenvalue weighted by atomic mass is 10.2. The molecule has 0 rings (SSSR count). The molecular weight excluding hydrogens is 204 g/mol. The SMILES string of the molecule is CCOC(=O)CCC(N)C(F)F.Cl. The number of hydrogen-bond acceptors (Lipinski definition) is 3. The van der Waals surface area contributed by atoms with Gasteiger partial charge in [0.25, 0.3) is 6.43 Å². The predicted molar refractivity (Wildman–Crippen MR) is 47.1 cm³/mol. The first-order valence-electron chi connectivity index (χ1n) is 3.77. The van der Waals surface area contributed by atoms with Gasteiger partial charge in [-0.05, 0) is 13.3 Å². The molecule has 0 radical (unpaired) electrons. The quantitative estimate of drug-likeness (QED) is 0.708. The molecule has 0 fully saturated rings. The van der Waals surface area contributed by atoms with Crippen LogP contribution in [0.25, 0.3) is 0 Å². The summed E-state index contributed by atoms with van der Waals surface area (Å²) in [5.74, 6) is -0.478. The van der Waals surface area contributed by atoms with E-state index in [9.17, 15) is 13.6 Å². The lowest BCUT2D eigenvalue weighted by molar-refractivity contribution is -0.143. The van der Waals surface area contributed by atoms with E-state index in [-0.39, 0.29) is 31.9 Å². The number of halogens is 3. The van der Waals surface area contributed by atoms with Crippen molar-refractivity contribution in [1.29, 1.82) is 0 Å². The Bertz CT molecular complexity index is 146. The maximum atomic E-state index is 11.8. The van der Waals surface area contributed by atoms with Crippen LogP contribution in [0.5, 0.6) is 0 Å². The first-order chi connectivity index (χ1) is 5.57. The fourth-order valence-electron chi connectivity index (χ4n) is 0.644. The average molecular weight is 218 g/mol. The number of nitrogens with two attached hydrogens (primary N) is 1. The molecule has 0 heterocycles. The van der Waals surface area contributed by atoms with Gasteiger partial charge in [0.05, 0.1) is 12.6 Å². The molecule has 0 bridgehead atoms. The fourth-order valence-corrected chi connectivity index (χ4v) is 0.644. The fraction of sp³-hybridized carbons (Fsp3) is 0.857. The second kappa shape index (κ2) is 8.19. The van der Waals surface area contributed by atoms with Gasteiger partial charge in [0.15, 0.2) is 0 Å². The van der Waals surface area contributed by atoms with Crippen molar-refractivity contribution in [3.63, 3.8) is 0 Å². The van der Waals surface area contributed by atoms with E-state index in [2.05, 4.69) is 4.74 Å². The summed E-state index contributed by atoms with van der Waals surface area (Å²) in [7, 11) is 0. The largest absolute Gasteiger partial charge is 0.466 e. The lowest BCUT2D eigenvalue weighted by Crippen LogP contribution is -2.29. The topological polar surface area (TPSA) is 52.3 Å². The molecule has 0 aromatic carbocycles. The smallest absolute Gasteiger partial charge is 0.305 e. The number of carbonyl (C=O) groups excluding carboxylic acids is 1. The minimum Gasteiger partial charge on any atom is -0.466 e. The molecule has 0 amide bonds. The van der Waals surface area contributed by atoms with Gasteiger partial charge in [0.1, 0.15) is 0 Å². The van der Waals surface area contributed by atoms with Crippen molar-refractivity contribution in [2.24, 2.45) is 5.73 Å². The highest BCUT2D eigenvalue weighted by molar-refractivity contribution is 5.85. The standard InChI is InChI=1S/C7H13F2NO2.ClH/c1-2-12-6(11)4-3-5(10)7(8)9;/h5,7H,2-4,10H2,1H3;1H. The van der Waals surface area contributed by atoms with E-state index in [1.807, 2.05) is 0 Å². The Balaban J connectivity index is 0. The monoisotopic (exact) mass is 217 g/mol. The Labute approximate surface area is 82.0 Å². The zero-order valence-electron chi connectivity index (χ0n) is 7.33. The van der Waals surface area contributed by atoms with Crippen LogP contribution in [0.4, 0.5) is 8.78 Å². The zero-order valence-corrected chi connectivity index (χ0v) is 8.15. The van der Waals surface area contributed by atoms with Crippen LogP contribution in [-0.2, 0) is 9.53 Å². The van der Waals surface area contributed by atoms with Crippen LogP contribution in [0, 0.1) is 0 Å². The highest BCUT2D eigenvalue weighted by atomic mass is 35.5. The molecule has 1 atom stereocenters. The second-order valence-electron chi connectivity index (χ2n) is 2.34. The van der Waals surface area contributed by atoms with Gasteiger partial charge >= 0.3 is 5.97 Å². The average Bonchev–Trinajstić information content (AvgIpc) is 2.00. The number of hydrogen-bond donors (Lipinski definition) is 1. The van der Waals surface area contributed by atoms with Crippen molar-refractivity contribution < 1.29 is 18.3 Å². The third kappa shape index (κ3) is 7.93. The summed E-state index contributed by atoms with van der Waals surface area (Å²) in [6.07, 6.45) is -2.64. The molecule has 0 saturated heterocycles. The minimum atomic E-state index is -2.57. The van der Waals surface area contributed by atoms with Crippen LogP contribution in [0.1, 0.15) is 19.8 Å². The van der Waals surface area contributed by atoms with Crippen molar-refractivity contribution in [2.45, 2.75) is 32.2 Å². The molecule has 13 heavy (non-hydrogen) atoms. The normalized spacial score (nSPS) is 12.1. The Morgan fingerprint density at radius 2 is 2.08 bits per heavy atom. The zero-order chi connectivity index (χ0) is 9.56. The van der Waals surface area contributed by atoms with E-state index in [1.165, 1.54) is 0 Å². The molecule has 3 nitrogen and oxygen atoms in total. The van der Waals surface area contributed by atoms with Crippen LogP contribution in [-0.4, -0.2) is 25.0 Å². The summed E-state index contributed by atoms with van der Waals surface area (Å²) in [6.45, 7) is 1.92. The molecule has 0 saturated carbocycles. The highest BCUT2D eigenvalue weighted by Crippen LogP contribution is 2.05. The maximum absolute atomic E-state index is 11.8. The molecule has 0 aromatic heterocycles. The van der Waals surface area contributed by atoms with Gasteiger partial charge in [-0.3, -0.25) is 4.79 Å². The maximum Gasteiger partial charge on any atom is 0.305 e. The molecule has 80 valence electrons. The van der Waals surface area contributed by atoms with Crippen LogP contribution < -0.4 is 5.73 Å². The molecule has 0 spiro atoms. The molecule has 0 aliphatic carbocycles. The van der Waals surface area contributed by atoms with Crippen molar-refractivity contribution in [1.82, 2.24) is 0 Å². The van der Waals surface area contributed by atoms with Gasteiger partial charge in [-0.15, -0.1) is 12.4 Å². The molecule has 0 aliphatic heterocycles. The van der Waals surface area contributed by atoms with Crippen molar-refractivity contribution in [3.05, 3.63) is 0 Å². The van der Waals surface area contributed by atoms with Gasteiger partial charge in [-0.1, -0.05) is 0 Å². The van der Waals surface area contributed by atoms with Crippen molar-refractivity contribution >= 4 is 18.4 Å². The van der Waals surface area contributed by atoms with Gasteiger partial charge in [-0.2, -0.15) is 0 Å². The van der Waals surface area contributed by atoms with Gasteiger partial charge < -0.3 is 10.5 Å². The molecular formula is C7H14ClF2NO2. The van der Waals surface area contributed by atoms with Crippen molar-refractivity contribution in [2.75, 3.05) is 6.61 Å². The Morgan fingerprint density at radius 1 is 1.54 bits per heavy atom. The van der Waals surface area contributed by atoms with Crippen LogP contribution >= 0.6 is 12.4 Å². The third-order valence-corrected chi connectivity index (χ3v) is 1.31. The highest BCUT2D eigenvalue weighted by Gasteiger charge is 2.16. The van der Waals surface area contributed by atoms with Crippen LogP contribution in [0.15, 0.2) is 0 Å². The van der Waals surface area contributed by atoms with E-state index in [4.69, 9.17) is 5.73 Å². The van der Waals surface area contributed by atoms with Crippen molar-refractivity contribution in [3.8, 4) is 0 Å². The van der Waals surface area contributed by atoms with Crippen LogP contribution in [0.3, 0.4) is 0 Å². The molecule has 2 N–H and O–H groups in total. The van der Waals surface area contributed by atoms with E-state index in [0.717, 1.165) is 0 Å². The van der Waals surface area contributed by atoms with E-state index < -0.39 is 18.4 Å². The predicted octanol–water partition coefficient (Wildman–Crippen LogP) is 1.34. The first kappa shape index (κ1) is 15.1. The number of esters is 1. The molecule has 6 heteroatoms. The van der Waals surface area contributed by atoms with Gasteiger partial charge in [-0.25, -0.2) is 8.78 Å². The number of rotatable bonds is 5. The first-order valence-corrected chi connectivity index (χ1v) is 3.77.